The molecular formula is C27H28N4O2. The SMILES string of the molecule is NCc1ccc(-c2nc3ccnc(OCCN4CCOCC4)c3cc2-c2ccccc2)cc1. The first-order valence-electron chi connectivity index (χ1n) is 11.4. The van der Waals surface area contributed by atoms with E-state index >= 15 is 0 Å². The van der Waals surface area contributed by atoms with Crippen molar-refractivity contribution in [2.24, 2.45) is 5.73 Å². The second-order valence-electron chi connectivity index (χ2n) is 8.14. The minimum atomic E-state index is 0.522. The molecule has 3 heterocycles. The van der Waals surface area contributed by atoms with E-state index in [-0.39, 0.29) is 0 Å². The summed E-state index contributed by atoms with van der Waals surface area (Å²) in [7, 11) is 0. The highest BCUT2D eigenvalue weighted by atomic mass is 16.5. The van der Waals surface area contributed by atoms with Gasteiger partial charge < -0.3 is 15.2 Å². The van der Waals surface area contributed by atoms with E-state index in [0.29, 0.717) is 19.0 Å². The summed E-state index contributed by atoms with van der Waals surface area (Å²) in [5.41, 5.74) is 11.9. The Morgan fingerprint density at radius 1 is 0.939 bits per heavy atom. The number of aromatic nitrogens is 2. The van der Waals surface area contributed by atoms with Crippen LogP contribution in [0.3, 0.4) is 0 Å². The number of benzene rings is 2. The van der Waals surface area contributed by atoms with Crippen LogP contribution in [0.2, 0.25) is 0 Å². The first-order valence-corrected chi connectivity index (χ1v) is 11.4. The van der Waals surface area contributed by atoms with Crippen molar-refractivity contribution in [3.63, 3.8) is 0 Å². The van der Waals surface area contributed by atoms with E-state index < -0.39 is 0 Å². The molecule has 6 nitrogen and oxygen atoms in total. The van der Waals surface area contributed by atoms with E-state index in [2.05, 4.69) is 52.3 Å². The number of fused-ring (bicyclic) bond motifs is 1. The van der Waals surface area contributed by atoms with Gasteiger partial charge in [0.15, 0.2) is 0 Å². The maximum Gasteiger partial charge on any atom is 0.222 e. The molecule has 0 saturated carbocycles. The minimum absolute atomic E-state index is 0.522. The molecule has 0 aliphatic carbocycles. The van der Waals surface area contributed by atoms with Crippen molar-refractivity contribution in [3.05, 3.63) is 78.5 Å². The summed E-state index contributed by atoms with van der Waals surface area (Å²) in [5, 5.41) is 0.917. The van der Waals surface area contributed by atoms with Gasteiger partial charge in [-0.2, -0.15) is 0 Å². The van der Waals surface area contributed by atoms with Crippen LogP contribution in [0.25, 0.3) is 33.3 Å². The summed E-state index contributed by atoms with van der Waals surface area (Å²) >= 11 is 0. The summed E-state index contributed by atoms with van der Waals surface area (Å²) in [6.07, 6.45) is 1.77. The molecule has 1 fully saturated rings. The molecule has 5 rings (SSSR count). The largest absolute Gasteiger partial charge is 0.476 e. The van der Waals surface area contributed by atoms with Crippen molar-refractivity contribution in [2.75, 3.05) is 39.5 Å². The Morgan fingerprint density at radius 3 is 2.48 bits per heavy atom. The first kappa shape index (κ1) is 21.5. The van der Waals surface area contributed by atoms with Gasteiger partial charge in [-0.15, -0.1) is 0 Å². The number of nitrogens with two attached hydrogens (primary N) is 1. The zero-order valence-electron chi connectivity index (χ0n) is 18.6. The molecule has 2 aromatic carbocycles. The summed E-state index contributed by atoms with van der Waals surface area (Å²) < 4.78 is 11.6. The maximum atomic E-state index is 6.14. The monoisotopic (exact) mass is 440 g/mol. The molecular weight excluding hydrogens is 412 g/mol. The van der Waals surface area contributed by atoms with Gasteiger partial charge in [-0.25, -0.2) is 9.97 Å². The van der Waals surface area contributed by atoms with E-state index in [4.69, 9.17) is 20.2 Å². The molecule has 2 N–H and O–H groups in total. The van der Waals surface area contributed by atoms with Gasteiger partial charge in [0.2, 0.25) is 5.88 Å². The zero-order valence-corrected chi connectivity index (χ0v) is 18.6. The molecule has 0 amide bonds. The number of rotatable bonds is 7. The Balaban J connectivity index is 1.52. The highest BCUT2D eigenvalue weighted by Crippen LogP contribution is 2.35. The van der Waals surface area contributed by atoms with E-state index in [1.807, 2.05) is 24.3 Å². The molecule has 1 aliphatic heterocycles. The predicted molar refractivity (Wildman–Crippen MR) is 131 cm³/mol. The normalized spacial score (nSPS) is 14.5. The number of morpholine rings is 1. The van der Waals surface area contributed by atoms with E-state index in [1.54, 1.807) is 6.20 Å². The van der Waals surface area contributed by atoms with Gasteiger partial charge in [0, 0.05) is 43.5 Å². The van der Waals surface area contributed by atoms with Crippen molar-refractivity contribution in [2.45, 2.75) is 6.54 Å². The molecule has 1 saturated heterocycles. The van der Waals surface area contributed by atoms with Crippen LogP contribution in [0.1, 0.15) is 5.56 Å². The third-order valence-electron chi connectivity index (χ3n) is 6.00. The van der Waals surface area contributed by atoms with Crippen LogP contribution in [-0.4, -0.2) is 54.3 Å². The fourth-order valence-corrected chi connectivity index (χ4v) is 4.14. The van der Waals surface area contributed by atoms with Crippen LogP contribution in [-0.2, 0) is 11.3 Å². The molecule has 6 heteroatoms. The summed E-state index contributed by atoms with van der Waals surface area (Å²) in [4.78, 5) is 11.9. The van der Waals surface area contributed by atoms with Crippen LogP contribution < -0.4 is 10.5 Å². The summed E-state index contributed by atoms with van der Waals surface area (Å²) in [5.74, 6) is 0.621. The van der Waals surface area contributed by atoms with Gasteiger partial charge in [-0.3, -0.25) is 4.90 Å². The van der Waals surface area contributed by atoms with Crippen LogP contribution in [0.15, 0.2) is 72.9 Å². The highest BCUT2D eigenvalue weighted by Gasteiger charge is 2.15. The number of pyridine rings is 2. The topological polar surface area (TPSA) is 73.5 Å². The minimum Gasteiger partial charge on any atom is -0.476 e. The molecule has 0 bridgehead atoms. The Labute approximate surface area is 194 Å². The lowest BCUT2D eigenvalue weighted by Crippen LogP contribution is -2.38. The molecule has 0 unspecified atom stereocenters. The Hall–Kier alpha value is -3.32. The number of hydrogen-bond acceptors (Lipinski definition) is 6. The summed E-state index contributed by atoms with van der Waals surface area (Å²) in [6.45, 7) is 5.41. The Kier molecular flexibility index (Phi) is 6.58. The van der Waals surface area contributed by atoms with Gasteiger partial charge in [0.1, 0.15) is 6.61 Å². The van der Waals surface area contributed by atoms with Crippen molar-refractivity contribution < 1.29 is 9.47 Å². The Morgan fingerprint density at radius 2 is 1.73 bits per heavy atom. The van der Waals surface area contributed by atoms with Crippen molar-refractivity contribution in [3.8, 4) is 28.3 Å². The third-order valence-corrected chi connectivity index (χ3v) is 6.00. The van der Waals surface area contributed by atoms with Gasteiger partial charge in [-0.05, 0) is 23.3 Å². The zero-order chi connectivity index (χ0) is 22.5. The summed E-state index contributed by atoms with van der Waals surface area (Å²) in [6, 6.07) is 22.7. The Bertz CT molecular complexity index is 1210. The highest BCUT2D eigenvalue weighted by molar-refractivity contribution is 5.93. The molecule has 0 atom stereocenters. The van der Waals surface area contributed by atoms with Crippen molar-refractivity contribution in [1.29, 1.82) is 0 Å². The lowest BCUT2D eigenvalue weighted by Gasteiger charge is -2.26. The predicted octanol–water partition coefficient (Wildman–Crippen LogP) is 4.13. The standard InChI is InChI=1S/C27H28N4O2/c28-19-20-6-8-22(9-7-20)26-23(21-4-2-1-3-5-21)18-24-25(30-26)10-11-29-27(24)33-17-14-31-12-15-32-16-13-31/h1-11,18H,12-17,19,28H2. The second-order valence-corrected chi connectivity index (χ2v) is 8.14. The van der Waals surface area contributed by atoms with Crippen molar-refractivity contribution >= 4 is 10.9 Å². The van der Waals surface area contributed by atoms with Crippen molar-refractivity contribution in [1.82, 2.24) is 14.9 Å². The number of ether oxygens (including phenoxy) is 2. The van der Waals surface area contributed by atoms with E-state index in [1.165, 1.54) is 0 Å². The quantitative estimate of drug-likeness (QED) is 0.466. The average Bonchev–Trinajstić information content (AvgIpc) is 2.89. The van der Waals surface area contributed by atoms with Crippen LogP contribution in [0.4, 0.5) is 0 Å². The van der Waals surface area contributed by atoms with Gasteiger partial charge in [-0.1, -0.05) is 54.6 Å². The van der Waals surface area contributed by atoms with Crippen LogP contribution >= 0.6 is 0 Å². The van der Waals surface area contributed by atoms with Crippen LogP contribution in [0, 0.1) is 0 Å². The maximum absolute atomic E-state index is 6.14. The molecule has 33 heavy (non-hydrogen) atoms. The molecule has 1 aliphatic rings. The average molecular weight is 441 g/mol. The lowest BCUT2D eigenvalue weighted by atomic mass is 9.97. The fourth-order valence-electron chi connectivity index (χ4n) is 4.14. The molecule has 168 valence electrons. The first-order chi connectivity index (χ1) is 16.3. The smallest absolute Gasteiger partial charge is 0.222 e. The lowest BCUT2D eigenvalue weighted by molar-refractivity contribution is 0.0321. The number of hydrogen-bond donors (Lipinski definition) is 1. The van der Waals surface area contributed by atoms with E-state index in [9.17, 15) is 0 Å². The van der Waals surface area contributed by atoms with Crippen LogP contribution in [0.5, 0.6) is 5.88 Å². The molecule has 0 spiro atoms. The molecule has 4 aromatic rings. The molecule has 2 aromatic heterocycles. The van der Waals surface area contributed by atoms with Gasteiger partial charge in [0.05, 0.1) is 29.8 Å². The van der Waals surface area contributed by atoms with Gasteiger partial charge >= 0.3 is 0 Å². The van der Waals surface area contributed by atoms with Gasteiger partial charge in [0.25, 0.3) is 0 Å². The van der Waals surface area contributed by atoms with E-state index in [0.717, 1.165) is 71.7 Å². The number of nitrogens with zero attached hydrogens (tertiary/aromatic N) is 3. The fraction of sp³-hybridized carbons (Fsp3) is 0.259. The second kappa shape index (κ2) is 10.1. The third kappa shape index (κ3) is 4.88. The molecule has 0 radical (unpaired) electrons.